The molecule has 0 aromatic heterocycles. The summed E-state index contributed by atoms with van der Waals surface area (Å²) in [5, 5.41) is 2.21. The van der Waals surface area contributed by atoms with E-state index in [9.17, 15) is 4.79 Å². The van der Waals surface area contributed by atoms with Crippen LogP contribution in [0.5, 0.6) is 5.75 Å². The number of hydrogen-bond donors (Lipinski definition) is 1. The molecule has 2 aromatic rings. The monoisotopic (exact) mass is 391 g/mol. The Hall–Kier alpha value is -2.37. The zero-order chi connectivity index (χ0) is 19.8. The first-order chi connectivity index (χ1) is 14.2. The second-order valence-corrected chi connectivity index (χ2v) is 8.71. The highest BCUT2D eigenvalue weighted by Gasteiger charge is 2.34. The lowest BCUT2D eigenvalue weighted by molar-refractivity contribution is 0.0468. The summed E-state index contributed by atoms with van der Waals surface area (Å²) >= 11 is 0. The Morgan fingerprint density at radius 1 is 1.21 bits per heavy atom. The van der Waals surface area contributed by atoms with E-state index in [0.29, 0.717) is 5.92 Å². The number of ether oxygens (including phenoxy) is 1. The molecule has 3 aliphatic heterocycles. The largest absolute Gasteiger partial charge is 0.493 e. The van der Waals surface area contributed by atoms with Crippen LogP contribution in [0.4, 0.5) is 0 Å². The lowest BCUT2D eigenvalue weighted by Crippen LogP contribution is -2.52. The second-order valence-electron chi connectivity index (χ2n) is 8.71. The molecule has 1 N–H and O–H groups in total. The van der Waals surface area contributed by atoms with E-state index in [0.717, 1.165) is 49.4 Å². The van der Waals surface area contributed by atoms with Gasteiger partial charge in [0.25, 0.3) is 5.91 Å². The third-order valence-electron chi connectivity index (χ3n) is 6.55. The number of piperidine rings is 1. The van der Waals surface area contributed by atoms with Crippen LogP contribution in [0, 0.1) is 5.92 Å². The average molecular weight is 392 g/mol. The lowest BCUT2D eigenvalue weighted by atomic mass is 9.90. The van der Waals surface area contributed by atoms with Gasteiger partial charge in [0, 0.05) is 25.1 Å². The smallest absolute Gasteiger partial charge is 0.265 e. The van der Waals surface area contributed by atoms with E-state index in [-0.39, 0.29) is 11.9 Å². The van der Waals surface area contributed by atoms with Gasteiger partial charge in [0.2, 0.25) is 0 Å². The van der Waals surface area contributed by atoms with Gasteiger partial charge in [0.15, 0.2) is 0 Å². The van der Waals surface area contributed by atoms with Crippen molar-refractivity contribution < 1.29 is 9.53 Å². The van der Waals surface area contributed by atoms with E-state index in [1.54, 1.807) is 0 Å². The molecule has 152 valence electrons. The molecule has 2 aromatic carbocycles. The average Bonchev–Trinajstić information content (AvgIpc) is 3.19. The molecule has 0 aliphatic carbocycles. The Morgan fingerprint density at radius 2 is 2.10 bits per heavy atom. The molecule has 0 spiro atoms. The van der Waals surface area contributed by atoms with Crippen LogP contribution in [-0.4, -0.2) is 49.1 Å². The Balaban J connectivity index is 1.44. The highest BCUT2D eigenvalue weighted by Crippen LogP contribution is 2.34. The number of nitrogens with one attached hydrogen (secondary N) is 1. The standard InChI is InChI=1S/C24H29N3O2/c1-26-11-4-5-18(15-26)16-27-22(20-6-2-3-7-21(20)24(28)25-27)14-17-8-9-23-19(13-17)10-12-29-23/h2-3,6-9,13,18,22H,4-5,10-12,14-16H2,1H3,(H,25,28). The van der Waals surface area contributed by atoms with Gasteiger partial charge in [0.1, 0.15) is 5.75 Å². The maximum Gasteiger partial charge on any atom is 0.265 e. The summed E-state index contributed by atoms with van der Waals surface area (Å²) in [6, 6.07) is 14.8. The van der Waals surface area contributed by atoms with Crippen molar-refractivity contribution >= 4 is 5.91 Å². The first kappa shape index (κ1) is 18.6. The fraction of sp³-hybridized carbons (Fsp3) is 0.458. The van der Waals surface area contributed by atoms with Gasteiger partial charge in [-0.3, -0.25) is 10.2 Å². The minimum atomic E-state index is 0.0170. The number of hydrogen-bond acceptors (Lipinski definition) is 4. The summed E-state index contributed by atoms with van der Waals surface area (Å²) in [6.45, 7) is 3.94. The molecule has 0 saturated carbocycles. The summed E-state index contributed by atoms with van der Waals surface area (Å²) in [6.07, 6.45) is 4.32. The number of fused-ring (bicyclic) bond motifs is 2. The van der Waals surface area contributed by atoms with Crippen molar-refractivity contribution in [1.82, 2.24) is 15.3 Å². The van der Waals surface area contributed by atoms with Crippen molar-refractivity contribution in [3.05, 3.63) is 64.7 Å². The Labute approximate surface area is 172 Å². The van der Waals surface area contributed by atoms with Crippen molar-refractivity contribution in [3.63, 3.8) is 0 Å². The summed E-state index contributed by atoms with van der Waals surface area (Å²) in [5.41, 5.74) is 7.75. The molecule has 5 rings (SSSR count). The van der Waals surface area contributed by atoms with Gasteiger partial charge < -0.3 is 9.64 Å². The summed E-state index contributed by atoms with van der Waals surface area (Å²) in [7, 11) is 2.19. The SMILES string of the molecule is CN1CCCC(CN2NC(=O)c3ccccc3C2Cc2ccc3c(c2)CCO3)C1. The Bertz CT molecular complexity index is 913. The molecule has 1 saturated heterocycles. The number of nitrogens with zero attached hydrogens (tertiary/aromatic N) is 2. The van der Waals surface area contributed by atoms with Crippen LogP contribution in [0.3, 0.4) is 0 Å². The number of likely N-dealkylation sites (tertiary alicyclic amines) is 1. The molecule has 5 heteroatoms. The predicted molar refractivity (Wildman–Crippen MR) is 113 cm³/mol. The molecule has 2 atom stereocenters. The number of benzene rings is 2. The molecule has 29 heavy (non-hydrogen) atoms. The predicted octanol–water partition coefficient (Wildman–Crippen LogP) is 3.21. The summed E-state index contributed by atoms with van der Waals surface area (Å²) < 4.78 is 5.67. The lowest BCUT2D eigenvalue weighted by Gasteiger charge is -2.41. The van der Waals surface area contributed by atoms with Crippen LogP contribution in [0.1, 0.15) is 45.9 Å². The van der Waals surface area contributed by atoms with Crippen LogP contribution in [0.2, 0.25) is 0 Å². The highest BCUT2D eigenvalue weighted by atomic mass is 16.5. The summed E-state index contributed by atoms with van der Waals surface area (Å²) in [4.78, 5) is 15.2. The van der Waals surface area contributed by atoms with Gasteiger partial charge in [-0.25, -0.2) is 5.01 Å². The molecular weight excluding hydrogens is 362 g/mol. The number of carbonyl (C=O) groups excluding carboxylic acids is 1. The van der Waals surface area contributed by atoms with Crippen LogP contribution in [-0.2, 0) is 12.8 Å². The van der Waals surface area contributed by atoms with Gasteiger partial charge in [-0.2, -0.15) is 0 Å². The van der Waals surface area contributed by atoms with Crippen molar-refractivity contribution in [2.24, 2.45) is 5.92 Å². The first-order valence-electron chi connectivity index (χ1n) is 10.8. The second kappa shape index (κ2) is 7.81. The maximum absolute atomic E-state index is 12.8. The first-order valence-corrected chi connectivity index (χ1v) is 10.8. The highest BCUT2D eigenvalue weighted by molar-refractivity contribution is 5.96. The van der Waals surface area contributed by atoms with Crippen LogP contribution in [0.15, 0.2) is 42.5 Å². The Morgan fingerprint density at radius 3 is 3.00 bits per heavy atom. The Kier molecular flexibility index (Phi) is 5.02. The summed E-state index contributed by atoms with van der Waals surface area (Å²) in [5.74, 6) is 1.62. The van der Waals surface area contributed by atoms with E-state index < -0.39 is 0 Å². The van der Waals surface area contributed by atoms with Crippen LogP contribution < -0.4 is 10.2 Å². The third kappa shape index (κ3) is 3.77. The van der Waals surface area contributed by atoms with Crippen molar-refractivity contribution in [2.45, 2.75) is 31.7 Å². The van der Waals surface area contributed by atoms with E-state index in [1.165, 1.54) is 30.5 Å². The van der Waals surface area contributed by atoms with E-state index in [4.69, 9.17) is 4.74 Å². The zero-order valence-electron chi connectivity index (χ0n) is 17.1. The van der Waals surface area contributed by atoms with Gasteiger partial charge in [-0.15, -0.1) is 0 Å². The number of rotatable bonds is 4. The fourth-order valence-electron chi connectivity index (χ4n) is 5.11. The van der Waals surface area contributed by atoms with Crippen LogP contribution in [0.25, 0.3) is 0 Å². The van der Waals surface area contributed by atoms with Gasteiger partial charge in [0.05, 0.1) is 12.6 Å². The van der Waals surface area contributed by atoms with E-state index in [1.807, 2.05) is 18.2 Å². The quantitative estimate of drug-likeness (QED) is 0.869. The van der Waals surface area contributed by atoms with Gasteiger partial charge in [-0.1, -0.05) is 30.3 Å². The molecule has 3 aliphatic rings. The van der Waals surface area contributed by atoms with Crippen LogP contribution >= 0.6 is 0 Å². The molecule has 2 unspecified atom stereocenters. The van der Waals surface area contributed by atoms with E-state index >= 15 is 0 Å². The van der Waals surface area contributed by atoms with Gasteiger partial charge >= 0.3 is 0 Å². The maximum atomic E-state index is 12.8. The molecule has 0 radical (unpaired) electrons. The van der Waals surface area contributed by atoms with Crippen molar-refractivity contribution in [2.75, 3.05) is 33.3 Å². The third-order valence-corrected chi connectivity index (χ3v) is 6.55. The van der Waals surface area contributed by atoms with Crippen molar-refractivity contribution in [1.29, 1.82) is 0 Å². The minimum Gasteiger partial charge on any atom is -0.493 e. The number of hydrazine groups is 1. The number of amides is 1. The van der Waals surface area contributed by atoms with Crippen molar-refractivity contribution in [3.8, 4) is 5.75 Å². The molecule has 1 amide bonds. The van der Waals surface area contributed by atoms with E-state index in [2.05, 4.69) is 46.6 Å². The number of carbonyl (C=O) groups is 1. The zero-order valence-corrected chi connectivity index (χ0v) is 17.1. The van der Waals surface area contributed by atoms with Gasteiger partial charge in [-0.05, 0) is 67.6 Å². The molecule has 1 fully saturated rings. The minimum absolute atomic E-state index is 0.0170. The normalized spacial score (nSPS) is 24.5. The molecule has 5 nitrogen and oxygen atoms in total. The molecular formula is C24H29N3O2. The topological polar surface area (TPSA) is 44.8 Å². The fourth-order valence-corrected chi connectivity index (χ4v) is 5.11. The molecule has 0 bridgehead atoms. The molecule has 3 heterocycles.